The number of benzene rings is 2. The van der Waals surface area contributed by atoms with E-state index in [0.717, 1.165) is 22.1 Å². The third-order valence-corrected chi connectivity index (χ3v) is 5.22. The standard InChI is InChI=1S/C24H18ClF3N4O.H2/c1-15-5-4-6-18(30-15)14-29-23(33)17-11-9-16(10-12-17)21-13-22(24(26,27)28)31-32(21)20-8-3-2-7-19(20)25;/h2-13H,14H2,1H3,(H,29,33);1H. The van der Waals surface area contributed by atoms with Crippen molar-refractivity contribution in [3.05, 3.63) is 100 Å². The topological polar surface area (TPSA) is 59.8 Å². The lowest BCUT2D eigenvalue weighted by molar-refractivity contribution is -0.141. The second kappa shape index (κ2) is 9.07. The van der Waals surface area contributed by atoms with E-state index in [1.807, 2.05) is 25.1 Å². The van der Waals surface area contributed by atoms with Gasteiger partial charge in [0.1, 0.15) is 0 Å². The number of nitrogens with one attached hydrogen (secondary N) is 1. The van der Waals surface area contributed by atoms with Gasteiger partial charge in [-0.25, -0.2) is 4.68 Å². The summed E-state index contributed by atoms with van der Waals surface area (Å²) in [6, 6.07) is 19.2. The molecule has 0 spiro atoms. The SMILES string of the molecule is Cc1cccc(CNC(=O)c2ccc(-c3cc(C(F)(F)F)nn3-c3ccccc3Cl)cc2)n1.[HH]. The first-order valence-corrected chi connectivity index (χ1v) is 10.3. The Hall–Kier alpha value is -3.65. The predicted octanol–water partition coefficient (Wildman–Crippen LogP) is 6.09. The van der Waals surface area contributed by atoms with Crippen molar-refractivity contribution in [3.63, 3.8) is 0 Å². The van der Waals surface area contributed by atoms with Gasteiger partial charge in [0.15, 0.2) is 5.69 Å². The van der Waals surface area contributed by atoms with E-state index in [0.29, 0.717) is 16.8 Å². The van der Waals surface area contributed by atoms with Crippen molar-refractivity contribution in [1.82, 2.24) is 20.1 Å². The van der Waals surface area contributed by atoms with Crippen molar-refractivity contribution in [2.24, 2.45) is 0 Å². The molecule has 2 aromatic carbocycles. The lowest BCUT2D eigenvalue weighted by atomic mass is 10.1. The van der Waals surface area contributed by atoms with E-state index in [2.05, 4.69) is 15.4 Å². The van der Waals surface area contributed by atoms with Gasteiger partial charge in [0.05, 0.1) is 28.6 Å². The van der Waals surface area contributed by atoms with E-state index < -0.39 is 11.9 Å². The summed E-state index contributed by atoms with van der Waals surface area (Å²) in [7, 11) is 0. The molecule has 2 heterocycles. The maximum Gasteiger partial charge on any atom is 0.435 e. The van der Waals surface area contributed by atoms with Crippen LogP contribution in [-0.4, -0.2) is 20.7 Å². The van der Waals surface area contributed by atoms with Crippen LogP contribution in [0.3, 0.4) is 0 Å². The molecular formula is C24H20ClF3N4O. The van der Waals surface area contributed by atoms with Crippen LogP contribution in [0.25, 0.3) is 16.9 Å². The number of hydrogen-bond acceptors (Lipinski definition) is 3. The Balaban J connectivity index is 0.00000324. The Morgan fingerprint density at radius 3 is 2.45 bits per heavy atom. The van der Waals surface area contributed by atoms with Gasteiger partial charge in [0.2, 0.25) is 0 Å². The molecule has 0 unspecified atom stereocenters. The summed E-state index contributed by atoms with van der Waals surface area (Å²) >= 11 is 6.20. The Labute approximate surface area is 194 Å². The van der Waals surface area contributed by atoms with Crippen LogP contribution < -0.4 is 5.32 Å². The van der Waals surface area contributed by atoms with Crippen molar-refractivity contribution in [2.75, 3.05) is 0 Å². The monoisotopic (exact) mass is 472 g/mol. The Bertz CT molecular complexity index is 1310. The molecule has 4 aromatic rings. The van der Waals surface area contributed by atoms with Crippen LogP contribution in [-0.2, 0) is 12.7 Å². The molecule has 0 aliphatic rings. The molecule has 33 heavy (non-hydrogen) atoms. The Morgan fingerprint density at radius 2 is 1.79 bits per heavy atom. The van der Waals surface area contributed by atoms with Crippen LogP contribution in [0.15, 0.2) is 72.8 Å². The maximum absolute atomic E-state index is 13.4. The van der Waals surface area contributed by atoms with E-state index >= 15 is 0 Å². The quantitative estimate of drug-likeness (QED) is 0.382. The number of aromatic nitrogens is 3. The molecule has 0 bridgehead atoms. The maximum atomic E-state index is 13.4. The molecule has 0 saturated heterocycles. The van der Waals surface area contributed by atoms with Gasteiger partial charge in [-0.05, 0) is 49.4 Å². The van der Waals surface area contributed by atoms with Crippen molar-refractivity contribution < 1.29 is 19.4 Å². The van der Waals surface area contributed by atoms with E-state index in [1.165, 1.54) is 0 Å². The van der Waals surface area contributed by atoms with Gasteiger partial charge in [-0.2, -0.15) is 18.3 Å². The number of aryl methyl sites for hydroxylation is 1. The van der Waals surface area contributed by atoms with Crippen molar-refractivity contribution in [2.45, 2.75) is 19.6 Å². The molecule has 0 radical (unpaired) electrons. The van der Waals surface area contributed by atoms with Crippen molar-refractivity contribution in [3.8, 4) is 16.9 Å². The minimum absolute atomic E-state index is 0. The minimum Gasteiger partial charge on any atom is -0.346 e. The molecule has 0 saturated carbocycles. The largest absolute Gasteiger partial charge is 0.435 e. The highest BCUT2D eigenvalue weighted by molar-refractivity contribution is 6.32. The zero-order chi connectivity index (χ0) is 23.6. The van der Waals surface area contributed by atoms with Gasteiger partial charge in [-0.15, -0.1) is 0 Å². The fourth-order valence-corrected chi connectivity index (χ4v) is 3.51. The van der Waals surface area contributed by atoms with Crippen LogP contribution in [0, 0.1) is 6.92 Å². The van der Waals surface area contributed by atoms with Gasteiger partial charge >= 0.3 is 6.18 Å². The minimum atomic E-state index is -4.62. The summed E-state index contributed by atoms with van der Waals surface area (Å²) in [5, 5.41) is 6.78. The zero-order valence-electron chi connectivity index (χ0n) is 17.4. The number of carbonyl (C=O) groups excluding carboxylic acids is 1. The fraction of sp³-hybridized carbons (Fsp3) is 0.125. The number of alkyl halides is 3. The van der Waals surface area contributed by atoms with E-state index in [4.69, 9.17) is 11.6 Å². The Morgan fingerprint density at radius 1 is 1.06 bits per heavy atom. The van der Waals surface area contributed by atoms with Gasteiger partial charge in [-0.3, -0.25) is 9.78 Å². The van der Waals surface area contributed by atoms with Gasteiger partial charge in [-0.1, -0.05) is 41.9 Å². The lowest BCUT2D eigenvalue weighted by Gasteiger charge is -2.10. The molecule has 170 valence electrons. The molecule has 9 heteroatoms. The smallest absolute Gasteiger partial charge is 0.346 e. The number of rotatable bonds is 5. The molecular weight excluding hydrogens is 453 g/mol. The van der Waals surface area contributed by atoms with E-state index in [9.17, 15) is 18.0 Å². The molecule has 1 amide bonds. The number of amides is 1. The van der Waals surface area contributed by atoms with E-state index in [1.54, 1.807) is 48.5 Å². The first kappa shape index (κ1) is 22.5. The van der Waals surface area contributed by atoms with Gasteiger partial charge < -0.3 is 5.32 Å². The second-order valence-corrected chi connectivity index (χ2v) is 7.71. The number of halogens is 4. The summed E-state index contributed by atoms with van der Waals surface area (Å²) < 4.78 is 41.3. The van der Waals surface area contributed by atoms with Gasteiger partial charge in [0.25, 0.3) is 5.91 Å². The van der Waals surface area contributed by atoms with Gasteiger partial charge in [0, 0.05) is 18.2 Å². The fourth-order valence-electron chi connectivity index (χ4n) is 3.30. The molecule has 4 rings (SSSR count). The van der Waals surface area contributed by atoms with Crippen molar-refractivity contribution in [1.29, 1.82) is 0 Å². The van der Waals surface area contributed by atoms with Crippen LogP contribution in [0.4, 0.5) is 13.2 Å². The average Bonchev–Trinajstić information content (AvgIpc) is 3.24. The molecule has 1 N–H and O–H groups in total. The van der Waals surface area contributed by atoms with Crippen molar-refractivity contribution >= 4 is 17.5 Å². The molecule has 0 fully saturated rings. The molecule has 0 aliphatic carbocycles. The van der Waals surface area contributed by atoms with Crippen LogP contribution >= 0.6 is 11.6 Å². The normalized spacial score (nSPS) is 11.4. The molecule has 0 atom stereocenters. The highest BCUT2D eigenvalue weighted by Crippen LogP contribution is 2.34. The van der Waals surface area contributed by atoms with Crippen LogP contribution in [0.1, 0.15) is 28.9 Å². The molecule has 2 aromatic heterocycles. The summed E-state index contributed by atoms with van der Waals surface area (Å²) in [5.41, 5.74) is 1.87. The molecule has 5 nitrogen and oxygen atoms in total. The summed E-state index contributed by atoms with van der Waals surface area (Å²) in [6.45, 7) is 2.12. The third-order valence-electron chi connectivity index (χ3n) is 4.90. The molecule has 0 aliphatic heterocycles. The number of pyridine rings is 1. The van der Waals surface area contributed by atoms with Crippen LogP contribution in [0.2, 0.25) is 5.02 Å². The number of nitrogens with zero attached hydrogens (tertiary/aromatic N) is 3. The summed E-state index contributed by atoms with van der Waals surface area (Å²) in [6.07, 6.45) is -4.62. The average molecular weight is 473 g/mol. The predicted molar refractivity (Wildman–Crippen MR) is 121 cm³/mol. The summed E-state index contributed by atoms with van der Waals surface area (Å²) in [5.74, 6) is -0.319. The number of carbonyl (C=O) groups is 1. The Kier molecular flexibility index (Phi) is 6.20. The number of para-hydroxylation sites is 1. The van der Waals surface area contributed by atoms with Crippen LogP contribution in [0.5, 0.6) is 0 Å². The lowest BCUT2D eigenvalue weighted by Crippen LogP contribution is -2.23. The first-order valence-electron chi connectivity index (χ1n) is 9.96. The zero-order valence-corrected chi connectivity index (χ0v) is 18.2. The second-order valence-electron chi connectivity index (χ2n) is 7.31. The highest BCUT2D eigenvalue weighted by Gasteiger charge is 2.35. The first-order chi connectivity index (χ1) is 15.7. The summed E-state index contributed by atoms with van der Waals surface area (Å²) in [4.78, 5) is 16.8. The van der Waals surface area contributed by atoms with E-state index in [-0.39, 0.29) is 24.6 Å². The number of hydrogen-bond donors (Lipinski definition) is 1. The highest BCUT2D eigenvalue weighted by atomic mass is 35.5. The third kappa shape index (κ3) is 5.06.